The van der Waals surface area contributed by atoms with Crippen molar-refractivity contribution < 1.29 is 19.1 Å². The largest absolute Gasteiger partial charge is 0.494 e. The Balaban J connectivity index is 1.37. The van der Waals surface area contributed by atoms with Crippen molar-refractivity contribution in [3.05, 3.63) is 59.7 Å². The average Bonchev–Trinajstić information content (AvgIpc) is 3.10. The van der Waals surface area contributed by atoms with Crippen molar-refractivity contribution in [2.75, 3.05) is 52.5 Å². The van der Waals surface area contributed by atoms with Crippen LogP contribution in [0.1, 0.15) is 124 Å². The van der Waals surface area contributed by atoms with Gasteiger partial charge in [-0.1, -0.05) is 52.4 Å². The van der Waals surface area contributed by atoms with Crippen LogP contribution in [0.4, 0.5) is 0 Å². The second kappa shape index (κ2) is 20.5. The van der Waals surface area contributed by atoms with Crippen LogP contribution in [-0.4, -0.2) is 73.8 Å². The highest BCUT2D eigenvalue weighted by Gasteiger charge is 2.26. The Hall–Kier alpha value is -2.70. The molecule has 2 aliphatic heterocycles. The van der Waals surface area contributed by atoms with Gasteiger partial charge in [-0.25, -0.2) is 0 Å². The van der Waals surface area contributed by atoms with E-state index < -0.39 is 0 Å². The zero-order valence-electron chi connectivity index (χ0n) is 28.9. The summed E-state index contributed by atoms with van der Waals surface area (Å²) in [6.45, 7) is 11.7. The Morgan fingerprint density at radius 2 is 0.935 bits per heavy atom. The molecule has 0 unspecified atom stereocenters. The first-order valence-corrected chi connectivity index (χ1v) is 18.6. The van der Waals surface area contributed by atoms with Crippen molar-refractivity contribution in [2.45, 2.75) is 104 Å². The van der Waals surface area contributed by atoms with E-state index in [2.05, 4.69) is 23.6 Å². The quantitative estimate of drug-likeness (QED) is 0.101. The van der Waals surface area contributed by atoms with E-state index in [9.17, 15) is 9.59 Å². The van der Waals surface area contributed by atoms with E-state index in [1.54, 1.807) is 0 Å². The Morgan fingerprint density at radius 3 is 1.28 bits per heavy atom. The lowest BCUT2D eigenvalue weighted by atomic mass is 9.88. The molecule has 2 saturated heterocycles. The number of benzene rings is 2. The number of unbranched alkanes of at least 4 members (excludes halogenated alkanes) is 3. The van der Waals surface area contributed by atoms with Crippen molar-refractivity contribution in [3.63, 3.8) is 0 Å². The summed E-state index contributed by atoms with van der Waals surface area (Å²) in [6, 6.07) is 15.6. The van der Waals surface area contributed by atoms with Crippen LogP contribution in [0.3, 0.4) is 0 Å². The van der Waals surface area contributed by atoms with Crippen LogP contribution in [0.15, 0.2) is 48.5 Å². The topological polar surface area (TPSA) is 59.1 Å². The van der Waals surface area contributed by atoms with Gasteiger partial charge in [-0.05, 0) is 126 Å². The van der Waals surface area contributed by atoms with Crippen molar-refractivity contribution in [2.24, 2.45) is 11.8 Å². The lowest BCUT2D eigenvalue weighted by Gasteiger charge is -2.31. The van der Waals surface area contributed by atoms with Crippen molar-refractivity contribution >= 4 is 11.6 Å². The standard InChI is InChI=1S/C40H60N2O4/c1-3-5-29-45-37-21-17-33(18-22-37)39(43)35(31-41-25-11-7-12-26-41)15-9-10-16-36(32-42-27-13-8-14-28-42)40(44)34-19-23-38(24-20-34)46-30-6-4-2/h17-24,35-36H,3-16,25-32H2,1-2H3/t35-,36+. The zero-order chi connectivity index (χ0) is 32.4. The molecule has 0 aliphatic carbocycles. The van der Waals surface area contributed by atoms with E-state index in [4.69, 9.17) is 9.47 Å². The molecular weight excluding hydrogens is 572 g/mol. The average molecular weight is 633 g/mol. The van der Waals surface area contributed by atoms with Gasteiger partial charge in [0.1, 0.15) is 11.5 Å². The highest BCUT2D eigenvalue weighted by molar-refractivity contribution is 5.98. The van der Waals surface area contributed by atoms with Gasteiger partial charge < -0.3 is 19.3 Å². The highest BCUT2D eigenvalue weighted by Crippen LogP contribution is 2.25. The zero-order valence-corrected chi connectivity index (χ0v) is 28.9. The van der Waals surface area contributed by atoms with Crippen LogP contribution >= 0.6 is 0 Å². The Labute approximate surface area is 279 Å². The summed E-state index contributed by atoms with van der Waals surface area (Å²) in [6.07, 6.45) is 15.3. The molecule has 2 aliphatic rings. The van der Waals surface area contributed by atoms with E-state index in [1.807, 2.05) is 48.5 Å². The molecule has 254 valence electrons. The van der Waals surface area contributed by atoms with E-state index in [-0.39, 0.29) is 23.4 Å². The lowest BCUT2D eigenvalue weighted by Crippen LogP contribution is -2.37. The number of carbonyl (C=O) groups is 2. The fourth-order valence-corrected chi connectivity index (χ4v) is 6.87. The second-order valence-electron chi connectivity index (χ2n) is 13.6. The van der Waals surface area contributed by atoms with E-state index >= 15 is 0 Å². The summed E-state index contributed by atoms with van der Waals surface area (Å²) < 4.78 is 11.7. The third kappa shape index (κ3) is 12.2. The van der Waals surface area contributed by atoms with Crippen LogP contribution in [-0.2, 0) is 0 Å². The molecule has 6 nitrogen and oxygen atoms in total. The molecule has 0 spiro atoms. The summed E-state index contributed by atoms with van der Waals surface area (Å²) in [5.41, 5.74) is 1.57. The molecule has 0 N–H and O–H groups in total. The number of rotatable bonds is 21. The van der Waals surface area contributed by atoms with Gasteiger partial charge in [0.15, 0.2) is 11.6 Å². The normalized spacial score (nSPS) is 17.3. The molecule has 2 aromatic carbocycles. The third-order valence-electron chi connectivity index (χ3n) is 9.76. The van der Waals surface area contributed by atoms with Crippen molar-refractivity contribution in [1.29, 1.82) is 0 Å². The maximum Gasteiger partial charge on any atom is 0.167 e. The number of nitrogens with zero attached hydrogens (tertiary/aromatic N) is 2. The second-order valence-corrected chi connectivity index (χ2v) is 13.6. The van der Waals surface area contributed by atoms with Gasteiger partial charge in [0.2, 0.25) is 0 Å². The number of hydrogen-bond acceptors (Lipinski definition) is 6. The van der Waals surface area contributed by atoms with Crippen molar-refractivity contribution in [1.82, 2.24) is 9.80 Å². The number of hydrogen-bond donors (Lipinski definition) is 0. The van der Waals surface area contributed by atoms with Gasteiger partial charge >= 0.3 is 0 Å². The summed E-state index contributed by atoms with van der Waals surface area (Å²) in [5, 5.41) is 0. The molecule has 0 bridgehead atoms. The molecular formula is C40H60N2O4. The maximum atomic E-state index is 13.8. The molecule has 6 heteroatoms. The molecule has 2 heterocycles. The molecule has 2 atom stereocenters. The molecule has 4 rings (SSSR count). The molecule has 0 saturated carbocycles. The number of piperidine rings is 2. The minimum absolute atomic E-state index is 0.0264. The first-order chi connectivity index (χ1) is 22.6. The summed E-state index contributed by atoms with van der Waals surface area (Å²) in [7, 11) is 0. The third-order valence-corrected chi connectivity index (χ3v) is 9.76. The van der Waals surface area contributed by atoms with E-state index in [1.165, 1.54) is 38.5 Å². The van der Waals surface area contributed by atoms with E-state index in [0.717, 1.165) is 113 Å². The molecule has 46 heavy (non-hydrogen) atoms. The monoisotopic (exact) mass is 632 g/mol. The number of carbonyl (C=O) groups excluding carboxylic acids is 2. The molecule has 0 amide bonds. The molecule has 0 radical (unpaired) electrons. The SMILES string of the molecule is CCCCOc1ccc(C(=O)[C@H](CCCC[C@@H](CN2CCCCC2)C(=O)c2ccc(OCCCC)cc2)CN2CCCCC2)cc1. The Bertz CT molecular complexity index is 1050. The van der Waals surface area contributed by atoms with Crippen molar-refractivity contribution in [3.8, 4) is 11.5 Å². The first-order valence-electron chi connectivity index (χ1n) is 18.6. The van der Waals surface area contributed by atoms with Crippen LogP contribution in [0.2, 0.25) is 0 Å². The van der Waals surface area contributed by atoms with Gasteiger partial charge in [0.05, 0.1) is 13.2 Å². The van der Waals surface area contributed by atoms with Gasteiger partial charge in [0.25, 0.3) is 0 Å². The predicted octanol–water partition coefficient (Wildman–Crippen LogP) is 8.87. The minimum Gasteiger partial charge on any atom is -0.494 e. The highest BCUT2D eigenvalue weighted by atomic mass is 16.5. The van der Waals surface area contributed by atoms with Crippen LogP contribution < -0.4 is 9.47 Å². The summed E-state index contributed by atoms with van der Waals surface area (Å²) in [4.78, 5) is 32.7. The predicted molar refractivity (Wildman–Crippen MR) is 188 cm³/mol. The van der Waals surface area contributed by atoms with Crippen LogP contribution in [0.25, 0.3) is 0 Å². The van der Waals surface area contributed by atoms with Gasteiger partial charge in [-0.3, -0.25) is 9.59 Å². The molecule has 2 aromatic rings. The van der Waals surface area contributed by atoms with Gasteiger partial charge in [-0.2, -0.15) is 0 Å². The smallest absolute Gasteiger partial charge is 0.167 e. The Morgan fingerprint density at radius 1 is 0.565 bits per heavy atom. The van der Waals surface area contributed by atoms with Crippen LogP contribution in [0, 0.1) is 11.8 Å². The Kier molecular flexibility index (Phi) is 16.1. The minimum atomic E-state index is -0.0264. The van der Waals surface area contributed by atoms with Gasteiger partial charge in [0, 0.05) is 36.1 Å². The lowest BCUT2D eigenvalue weighted by molar-refractivity contribution is 0.0833. The van der Waals surface area contributed by atoms with Crippen LogP contribution in [0.5, 0.6) is 11.5 Å². The fourth-order valence-electron chi connectivity index (χ4n) is 6.87. The summed E-state index contributed by atoms with van der Waals surface area (Å²) >= 11 is 0. The maximum absolute atomic E-state index is 13.8. The number of likely N-dealkylation sites (tertiary alicyclic amines) is 2. The fraction of sp³-hybridized carbons (Fsp3) is 0.650. The van der Waals surface area contributed by atoms with Gasteiger partial charge in [-0.15, -0.1) is 0 Å². The molecule has 2 fully saturated rings. The first kappa shape index (κ1) is 36.1. The number of ketones is 2. The van der Waals surface area contributed by atoms with E-state index in [0.29, 0.717) is 13.2 Å². The summed E-state index contributed by atoms with van der Waals surface area (Å²) in [5.74, 6) is 2.10. The molecule has 0 aromatic heterocycles. The number of Topliss-reactive ketones (excluding diaryl/α,β-unsaturated/α-hetero) is 2. The number of ether oxygens (including phenoxy) is 2.